The number of benzene rings is 2. The monoisotopic (exact) mass is 659 g/mol. The summed E-state index contributed by atoms with van der Waals surface area (Å²) in [5.41, 5.74) is -0.0464. The van der Waals surface area contributed by atoms with E-state index in [1.54, 1.807) is 57.4 Å². The minimum atomic E-state index is -1.30. The molecule has 256 valence electrons. The lowest BCUT2D eigenvalue weighted by Gasteiger charge is -2.38. The second-order valence-electron chi connectivity index (χ2n) is 12.7. The standard InChI is InChI=1S/C37H45N3O8/c1-6-8-14-29(42)38-24(4)32(25-12-10-9-11-13-25)47-36(45)30-28-19-20-37(48-28)31(30)34(43)40(23(3)22-41)33(37)35(44)39(21-7-2)26-15-17-27(46-5)18-16-26/h6-7,9-13,15-18,23-24,28,30-33,41H,1-2,8,14,19-22H2,3-5H3,(H,38,42)/t23-,24+,28+,30-,31-,32+,33+,37-/m1/s1. The number of nitrogens with one attached hydrogen (secondary N) is 1. The fourth-order valence-electron chi connectivity index (χ4n) is 7.50. The number of anilines is 1. The second-order valence-corrected chi connectivity index (χ2v) is 12.7. The van der Waals surface area contributed by atoms with Crippen LogP contribution in [0.3, 0.4) is 0 Å². The van der Waals surface area contributed by atoms with Crippen LogP contribution >= 0.6 is 0 Å². The highest BCUT2D eigenvalue weighted by Gasteiger charge is 2.75. The predicted molar refractivity (Wildman–Crippen MR) is 179 cm³/mol. The Morgan fingerprint density at radius 3 is 2.46 bits per heavy atom. The Kier molecular flexibility index (Phi) is 10.7. The number of amides is 3. The number of ether oxygens (including phenoxy) is 3. The molecule has 3 amide bonds. The summed E-state index contributed by atoms with van der Waals surface area (Å²) in [5, 5.41) is 13.2. The van der Waals surface area contributed by atoms with Gasteiger partial charge in [0.25, 0.3) is 5.91 Å². The fourth-order valence-corrected chi connectivity index (χ4v) is 7.50. The lowest BCUT2D eigenvalue weighted by molar-refractivity contribution is -0.162. The normalized spacial score (nSPS) is 25.8. The van der Waals surface area contributed by atoms with Crippen LogP contribution in [0.2, 0.25) is 0 Å². The third-order valence-electron chi connectivity index (χ3n) is 9.73. The van der Waals surface area contributed by atoms with Gasteiger partial charge in [-0.25, -0.2) is 0 Å². The third kappa shape index (κ3) is 6.36. The van der Waals surface area contributed by atoms with Gasteiger partial charge >= 0.3 is 5.97 Å². The molecule has 5 rings (SSSR count). The zero-order valence-corrected chi connectivity index (χ0v) is 27.7. The van der Waals surface area contributed by atoms with E-state index in [1.807, 2.05) is 30.3 Å². The zero-order chi connectivity index (χ0) is 34.6. The molecule has 0 saturated carbocycles. The number of allylic oxidation sites excluding steroid dienone is 1. The summed E-state index contributed by atoms with van der Waals surface area (Å²) in [5.74, 6) is -3.04. The topological polar surface area (TPSA) is 135 Å². The van der Waals surface area contributed by atoms with Gasteiger partial charge in [-0.3, -0.25) is 19.2 Å². The molecule has 48 heavy (non-hydrogen) atoms. The summed E-state index contributed by atoms with van der Waals surface area (Å²) in [7, 11) is 1.55. The van der Waals surface area contributed by atoms with Gasteiger partial charge < -0.3 is 34.4 Å². The van der Waals surface area contributed by atoms with Crippen molar-refractivity contribution in [1.29, 1.82) is 0 Å². The van der Waals surface area contributed by atoms with E-state index in [1.165, 1.54) is 9.80 Å². The van der Waals surface area contributed by atoms with Crippen LogP contribution < -0.4 is 15.0 Å². The van der Waals surface area contributed by atoms with E-state index < -0.39 is 65.6 Å². The first-order chi connectivity index (χ1) is 23.1. The molecular formula is C37H45N3O8. The molecular weight excluding hydrogens is 614 g/mol. The summed E-state index contributed by atoms with van der Waals surface area (Å²) in [6.45, 7) is 10.7. The Hall–Kier alpha value is -4.48. The lowest BCUT2D eigenvalue weighted by Crippen LogP contribution is -2.58. The number of carbonyl (C=O) groups excluding carboxylic acids is 4. The summed E-state index contributed by atoms with van der Waals surface area (Å²) >= 11 is 0. The van der Waals surface area contributed by atoms with Crippen molar-refractivity contribution in [3.63, 3.8) is 0 Å². The molecule has 2 bridgehead atoms. The molecule has 3 heterocycles. The Bertz CT molecular complexity index is 1510. The highest BCUT2D eigenvalue weighted by Crippen LogP contribution is 2.59. The minimum absolute atomic E-state index is 0.155. The van der Waals surface area contributed by atoms with Crippen LogP contribution in [-0.2, 0) is 28.7 Å². The molecule has 11 nitrogen and oxygen atoms in total. The highest BCUT2D eigenvalue weighted by atomic mass is 16.6. The van der Waals surface area contributed by atoms with Crippen LogP contribution in [0.25, 0.3) is 0 Å². The number of aliphatic hydroxyl groups is 1. The molecule has 3 saturated heterocycles. The maximum atomic E-state index is 14.6. The molecule has 2 aromatic rings. The molecule has 3 aliphatic rings. The van der Waals surface area contributed by atoms with Crippen LogP contribution in [-0.4, -0.2) is 83.8 Å². The van der Waals surface area contributed by atoms with E-state index in [0.29, 0.717) is 36.3 Å². The number of carbonyl (C=O) groups is 4. The number of likely N-dealkylation sites (tertiary alicyclic amines) is 1. The number of aliphatic hydroxyl groups excluding tert-OH is 1. The number of fused-ring (bicyclic) bond motifs is 1. The van der Waals surface area contributed by atoms with Crippen molar-refractivity contribution >= 4 is 29.4 Å². The first-order valence-electron chi connectivity index (χ1n) is 16.4. The van der Waals surface area contributed by atoms with Crippen molar-refractivity contribution in [2.24, 2.45) is 11.8 Å². The number of methoxy groups -OCH3 is 1. The Labute approximate surface area is 281 Å². The molecule has 2 aromatic carbocycles. The molecule has 3 aliphatic heterocycles. The van der Waals surface area contributed by atoms with Gasteiger partial charge in [0, 0.05) is 18.7 Å². The van der Waals surface area contributed by atoms with Crippen LogP contribution in [0.4, 0.5) is 5.69 Å². The van der Waals surface area contributed by atoms with Gasteiger partial charge in [0.15, 0.2) is 0 Å². The maximum Gasteiger partial charge on any atom is 0.313 e. The van der Waals surface area contributed by atoms with Gasteiger partial charge in [-0.05, 0) is 62.9 Å². The number of hydrogen-bond acceptors (Lipinski definition) is 8. The van der Waals surface area contributed by atoms with Gasteiger partial charge in [0.2, 0.25) is 11.8 Å². The van der Waals surface area contributed by atoms with Gasteiger partial charge in [-0.2, -0.15) is 0 Å². The lowest BCUT2D eigenvalue weighted by atomic mass is 9.70. The summed E-state index contributed by atoms with van der Waals surface area (Å²) in [6, 6.07) is 13.7. The number of hydrogen-bond donors (Lipinski definition) is 2. The molecule has 11 heteroatoms. The molecule has 0 aromatic heterocycles. The largest absolute Gasteiger partial charge is 0.497 e. The van der Waals surface area contributed by atoms with Crippen LogP contribution in [0.1, 0.15) is 51.2 Å². The SMILES string of the molecule is C=CCCC(=O)N[C@@H](C)[C@H](OC(=O)[C@@H]1[C@@H]2CC[C@]3(O2)[C@H](C(=O)N(CC=C)c2ccc(OC)cc2)N([C@H](C)CO)C(=O)[C@@H]13)c1ccccc1. The third-order valence-corrected chi connectivity index (χ3v) is 9.73. The molecule has 0 unspecified atom stereocenters. The quantitative estimate of drug-likeness (QED) is 0.218. The highest BCUT2D eigenvalue weighted by molar-refractivity contribution is 6.04. The van der Waals surface area contributed by atoms with E-state index in [2.05, 4.69) is 18.5 Å². The van der Waals surface area contributed by atoms with Gasteiger partial charge in [0.05, 0.1) is 43.7 Å². The summed E-state index contributed by atoms with van der Waals surface area (Å²) in [4.78, 5) is 58.8. The second kappa shape index (κ2) is 14.7. The Balaban J connectivity index is 1.47. The van der Waals surface area contributed by atoms with Crippen molar-refractivity contribution < 1.29 is 38.5 Å². The van der Waals surface area contributed by atoms with Crippen molar-refractivity contribution in [1.82, 2.24) is 10.2 Å². The molecule has 8 atom stereocenters. The number of rotatable bonds is 15. The van der Waals surface area contributed by atoms with Crippen LogP contribution in [0.5, 0.6) is 5.75 Å². The van der Waals surface area contributed by atoms with E-state index in [0.717, 1.165) is 0 Å². The molecule has 0 radical (unpaired) electrons. The first kappa shape index (κ1) is 34.8. The maximum absolute atomic E-state index is 14.6. The van der Waals surface area contributed by atoms with Gasteiger partial charge in [0.1, 0.15) is 23.5 Å². The fraction of sp³-hybridized carbons (Fsp3) is 0.459. The molecule has 0 aliphatic carbocycles. The molecule has 3 fully saturated rings. The number of esters is 1. The first-order valence-corrected chi connectivity index (χ1v) is 16.4. The Morgan fingerprint density at radius 1 is 1.12 bits per heavy atom. The molecule has 2 N–H and O–H groups in total. The van der Waals surface area contributed by atoms with E-state index in [4.69, 9.17) is 14.2 Å². The minimum Gasteiger partial charge on any atom is -0.497 e. The Morgan fingerprint density at radius 2 is 1.83 bits per heavy atom. The average molecular weight is 660 g/mol. The van der Waals surface area contributed by atoms with Crippen molar-refractivity contribution in [2.75, 3.05) is 25.2 Å². The average Bonchev–Trinajstić information content (AvgIpc) is 3.75. The van der Waals surface area contributed by atoms with E-state index >= 15 is 0 Å². The van der Waals surface area contributed by atoms with E-state index in [-0.39, 0.29) is 25.5 Å². The smallest absolute Gasteiger partial charge is 0.313 e. The zero-order valence-electron chi connectivity index (χ0n) is 27.7. The molecule has 1 spiro atoms. The number of nitrogens with zero attached hydrogens (tertiary/aromatic N) is 2. The van der Waals surface area contributed by atoms with Crippen molar-refractivity contribution in [2.45, 2.75) is 75.5 Å². The summed E-state index contributed by atoms with van der Waals surface area (Å²) in [6.07, 6.45) is 3.35. The predicted octanol–water partition coefficient (Wildman–Crippen LogP) is 3.73. The van der Waals surface area contributed by atoms with Crippen molar-refractivity contribution in [3.8, 4) is 5.75 Å². The van der Waals surface area contributed by atoms with Crippen molar-refractivity contribution in [3.05, 3.63) is 85.5 Å². The summed E-state index contributed by atoms with van der Waals surface area (Å²) < 4.78 is 18.1. The van der Waals surface area contributed by atoms with Crippen LogP contribution in [0, 0.1) is 11.8 Å². The van der Waals surface area contributed by atoms with Gasteiger partial charge in [-0.15, -0.1) is 13.2 Å². The van der Waals surface area contributed by atoms with Gasteiger partial charge in [-0.1, -0.05) is 42.5 Å². The van der Waals surface area contributed by atoms with E-state index in [9.17, 15) is 24.3 Å². The van der Waals surface area contributed by atoms with Crippen LogP contribution in [0.15, 0.2) is 79.9 Å².